The highest BCUT2D eigenvalue weighted by atomic mass is 16.4. The zero-order chi connectivity index (χ0) is 14.9. The molecule has 1 aliphatic heterocycles. The summed E-state index contributed by atoms with van der Waals surface area (Å²) in [5.74, 6) is -0.583. The standard InChI is InChI=1S/C15H26N2O3/c1-3-15(2,9-16)14(20)17-11-7-5-4-6-10(11)8-12(17)13(18)19/h10-12H,3-9,16H2,1-2H3,(H,18,19). The Morgan fingerprint density at radius 1 is 1.35 bits per heavy atom. The summed E-state index contributed by atoms with van der Waals surface area (Å²) in [6, 6.07) is -0.553. The van der Waals surface area contributed by atoms with Crippen LogP contribution in [-0.2, 0) is 9.59 Å². The van der Waals surface area contributed by atoms with Gasteiger partial charge in [0.05, 0.1) is 5.41 Å². The Labute approximate surface area is 120 Å². The maximum absolute atomic E-state index is 12.9. The Balaban J connectivity index is 2.29. The third-order valence-electron chi connectivity index (χ3n) is 5.35. The van der Waals surface area contributed by atoms with Gasteiger partial charge in [-0.2, -0.15) is 0 Å². The summed E-state index contributed by atoms with van der Waals surface area (Å²) < 4.78 is 0. The summed E-state index contributed by atoms with van der Waals surface area (Å²) in [5.41, 5.74) is 5.14. The van der Waals surface area contributed by atoms with E-state index in [4.69, 9.17) is 5.73 Å². The van der Waals surface area contributed by atoms with E-state index in [2.05, 4.69) is 0 Å². The van der Waals surface area contributed by atoms with Crippen LogP contribution >= 0.6 is 0 Å². The number of carboxylic acid groups (broad SMARTS) is 1. The summed E-state index contributed by atoms with van der Waals surface area (Å²) in [6.45, 7) is 4.06. The second kappa shape index (κ2) is 5.72. The Kier molecular flexibility index (Phi) is 4.37. The van der Waals surface area contributed by atoms with Crippen LogP contribution in [0.25, 0.3) is 0 Å². The van der Waals surface area contributed by atoms with Crippen molar-refractivity contribution in [2.45, 2.75) is 64.5 Å². The summed E-state index contributed by atoms with van der Waals surface area (Å²) in [5, 5.41) is 9.47. The Morgan fingerprint density at radius 2 is 2.00 bits per heavy atom. The number of carbonyl (C=O) groups excluding carboxylic acids is 1. The number of likely N-dealkylation sites (tertiary alicyclic amines) is 1. The molecule has 4 atom stereocenters. The number of amides is 1. The number of aliphatic carboxylic acids is 1. The molecule has 0 aromatic heterocycles. The first kappa shape index (κ1) is 15.3. The fraction of sp³-hybridized carbons (Fsp3) is 0.867. The first-order chi connectivity index (χ1) is 9.44. The number of nitrogens with two attached hydrogens (primary N) is 1. The molecule has 0 radical (unpaired) electrons. The molecule has 1 amide bonds. The molecule has 5 nitrogen and oxygen atoms in total. The smallest absolute Gasteiger partial charge is 0.326 e. The Bertz CT molecular complexity index is 393. The normalized spacial score (nSPS) is 32.5. The first-order valence-electron chi connectivity index (χ1n) is 7.70. The highest BCUT2D eigenvalue weighted by Crippen LogP contribution is 2.42. The molecule has 0 aromatic carbocycles. The van der Waals surface area contributed by atoms with Gasteiger partial charge in [-0.25, -0.2) is 4.79 Å². The molecule has 1 saturated carbocycles. The molecule has 1 aliphatic carbocycles. The van der Waals surface area contributed by atoms with Crippen LogP contribution in [0.3, 0.4) is 0 Å². The van der Waals surface area contributed by atoms with Crippen molar-refractivity contribution in [2.75, 3.05) is 6.54 Å². The van der Waals surface area contributed by atoms with Crippen molar-refractivity contribution in [2.24, 2.45) is 17.1 Å². The lowest BCUT2D eigenvalue weighted by atomic mass is 9.83. The minimum absolute atomic E-state index is 0.0655. The van der Waals surface area contributed by atoms with Crippen LogP contribution < -0.4 is 5.73 Å². The summed E-state index contributed by atoms with van der Waals surface area (Å²) >= 11 is 0. The van der Waals surface area contributed by atoms with E-state index < -0.39 is 17.4 Å². The molecule has 3 N–H and O–H groups in total. The molecule has 4 unspecified atom stereocenters. The molecule has 20 heavy (non-hydrogen) atoms. The van der Waals surface area contributed by atoms with Gasteiger partial charge >= 0.3 is 5.97 Å². The Morgan fingerprint density at radius 3 is 2.55 bits per heavy atom. The average Bonchev–Trinajstić information content (AvgIpc) is 2.85. The quantitative estimate of drug-likeness (QED) is 0.820. The van der Waals surface area contributed by atoms with Crippen LogP contribution in [0.5, 0.6) is 0 Å². The Hall–Kier alpha value is -1.10. The predicted octanol–water partition coefficient (Wildman–Crippen LogP) is 1.61. The van der Waals surface area contributed by atoms with Crippen molar-refractivity contribution in [1.29, 1.82) is 0 Å². The van der Waals surface area contributed by atoms with Crippen molar-refractivity contribution in [3.8, 4) is 0 Å². The highest BCUT2D eigenvalue weighted by Gasteiger charge is 2.50. The van der Waals surface area contributed by atoms with Crippen LogP contribution in [0.1, 0.15) is 52.4 Å². The third kappa shape index (κ3) is 2.43. The molecule has 114 valence electrons. The van der Waals surface area contributed by atoms with Gasteiger partial charge in [-0.3, -0.25) is 4.79 Å². The first-order valence-corrected chi connectivity index (χ1v) is 7.70. The number of carbonyl (C=O) groups is 2. The number of fused-ring (bicyclic) bond motifs is 1. The van der Waals surface area contributed by atoms with Gasteiger partial charge in [0.25, 0.3) is 0 Å². The minimum Gasteiger partial charge on any atom is -0.480 e. The molecule has 5 heteroatoms. The monoisotopic (exact) mass is 282 g/mol. The van der Waals surface area contributed by atoms with Gasteiger partial charge in [0.2, 0.25) is 5.91 Å². The van der Waals surface area contributed by atoms with E-state index in [0.717, 1.165) is 25.7 Å². The van der Waals surface area contributed by atoms with E-state index in [9.17, 15) is 14.7 Å². The number of hydrogen-bond acceptors (Lipinski definition) is 3. The molecule has 1 heterocycles. The van der Waals surface area contributed by atoms with Gasteiger partial charge in [-0.05, 0) is 38.5 Å². The SMILES string of the molecule is CCC(C)(CN)C(=O)N1C(C(=O)O)CC2CCCCC21. The van der Waals surface area contributed by atoms with E-state index in [1.54, 1.807) is 4.90 Å². The fourth-order valence-corrected chi connectivity index (χ4v) is 3.67. The van der Waals surface area contributed by atoms with Crippen LogP contribution in [-0.4, -0.2) is 40.5 Å². The molecule has 2 fully saturated rings. The van der Waals surface area contributed by atoms with Crippen LogP contribution in [0.4, 0.5) is 0 Å². The fourth-order valence-electron chi connectivity index (χ4n) is 3.67. The van der Waals surface area contributed by atoms with E-state index in [0.29, 0.717) is 18.8 Å². The maximum atomic E-state index is 12.9. The van der Waals surface area contributed by atoms with Crippen LogP contribution in [0, 0.1) is 11.3 Å². The average molecular weight is 282 g/mol. The van der Waals surface area contributed by atoms with Crippen LogP contribution in [0.2, 0.25) is 0 Å². The van der Waals surface area contributed by atoms with E-state index >= 15 is 0 Å². The molecule has 1 saturated heterocycles. The lowest BCUT2D eigenvalue weighted by Gasteiger charge is -2.38. The van der Waals surface area contributed by atoms with Crippen molar-refractivity contribution in [1.82, 2.24) is 4.90 Å². The van der Waals surface area contributed by atoms with Gasteiger partial charge in [0, 0.05) is 12.6 Å². The second-order valence-electron chi connectivity index (χ2n) is 6.53. The lowest BCUT2D eigenvalue weighted by molar-refractivity contribution is -0.154. The summed E-state index contributed by atoms with van der Waals surface area (Å²) in [4.78, 5) is 26.1. The zero-order valence-electron chi connectivity index (χ0n) is 12.5. The van der Waals surface area contributed by atoms with Crippen molar-refractivity contribution < 1.29 is 14.7 Å². The van der Waals surface area contributed by atoms with Crippen molar-refractivity contribution in [3.63, 3.8) is 0 Å². The molecule has 2 aliphatic rings. The van der Waals surface area contributed by atoms with E-state index in [1.807, 2.05) is 13.8 Å². The van der Waals surface area contributed by atoms with Gasteiger partial charge in [0.1, 0.15) is 6.04 Å². The van der Waals surface area contributed by atoms with E-state index in [1.165, 1.54) is 0 Å². The van der Waals surface area contributed by atoms with Gasteiger partial charge in [-0.15, -0.1) is 0 Å². The largest absolute Gasteiger partial charge is 0.480 e. The van der Waals surface area contributed by atoms with Crippen molar-refractivity contribution >= 4 is 11.9 Å². The molecular formula is C15H26N2O3. The molecule has 0 bridgehead atoms. The molecule has 0 aromatic rings. The van der Waals surface area contributed by atoms with Crippen LogP contribution in [0.15, 0.2) is 0 Å². The summed E-state index contributed by atoms with van der Waals surface area (Å²) in [7, 11) is 0. The highest BCUT2D eigenvalue weighted by molar-refractivity contribution is 5.88. The number of carboxylic acids is 1. The summed E-state index contributed by atoms with van der Waals surface area (Å²) in [6.07, 6.45) is 5.47. The second-order valence-corrected chi connectivity index (χ2v) is 6.53. The predicted molar refractivity (Wildman–Crippen MR) is 76.1 cm³/mol. The molecule has 0 spiro atoms. The third-order valence-corrected chi connectivity index (χ3v) is 5.35. The lowest BCUT2D eigenvalue weighted by Crippen LogP contribution is -2.53. The van der Waals surface area contributed by atoms with Gasteiger partial charge in [0.15, 0.2) is 0 Å². The number of hydrogen-bond donors (Lipinski definition) is 2. The van der Waals surface area contributed by atoms with E-state index in [-0.39, 0.29) is 18.5 Å². The maximum Gasteiger partial charge on any atom is 0.326 e. The number of nitrogens with zero attached hydrogens (tertiary/aromatic N) is 1. The molecular weight excluding hydrogens is 256 g/mol. The van der Waals surface area contributed by atoms with Gasteiger partial charge in [-0.1, -0.05) is 19.8 Å². The van der Waals surface area contributed by atoms with Gasteiger partial charge < -0.3 is 15.7 Å². The van der Waals surface area contributed by atoms with Crippen molar-refractivity contribution in [3.05, 3.63) is 0 Å². The topological polar surface area (TPSA) is 83.6 Å². The molecule has 2 rings (SSSR count). The minimum atomic E-state index is -0.872. The zero-order valence-corrected chi connectivity index (χ0v) is 12.5. The number of rotatable bonds is 4.